The predicted octanol–water partition coefficient (Wildman–Crippen LogP) is 9.99. The van der Waals surface area contributed by atoms with Gasteiger partial charge in [0.25, 0.3) is 0 Å². The van der Waals surface area contributed by atoms with E-state index < -0.39 is 12.2 Å². The second kappa shape index (κ2) is 15.1. The molecule has 0 radical (unpaired) electrons. The molecule has 0 amide bonds. The number of nitrogens with zero attached hydrogens (tertiary/aromatic N) is 2. The normalized spacial score (nSPS) is 12.8. The van der Waals surface area contributed by atoms with Gasteiger partial charge >= 0.3 is 0 Å². The van der Waals surface area contributed by atoms with E-state index in [1.807, 2.05) is 102 Å². The molecule has 0 aliphatic carbocycles. The zero-order chi connectivity index (χ0) is 32.5. The second-order valence-corrected chi connectivity index (χ2v) is 13.5. The Morgan fingerprint density at radius 3 is 1.16 bits per heavy atom. The average molecular weight is 599 g/mol. The first-order valence-corrected chi connectivity index (χ1v) is 15.6. The Balaban J connectivity index is 0.000000155. The van der Waals surface area contributed by atoms with E-state index in [9.17, 15) is 10.2 Å². The van der Waals surface area contributed by atoms with Crippen molar-refractivity contribution in [3.63, 3.8) is 0 Å². The SMILES string of the molecule is CC(C)(C)C(O)CC(O)C(C)(C)C.c1ccc(-c2nccc3ccccc23)cc1.c1ccc(-c2nccc3ccccc23)cc1. The molecule has 4 nitrogen and oxygen atoms in total. The lowest BCUT2D eigenvalue weighted by molar-refractivity contribution is -0.0239. The van der Waals surface area contributed by atoms with Crippen molar-refractivity contribution in [3.05, 3.63) is 134 Å². The molecule has 4 aromatic carbocycles. The van der Waals surface area contributed by atoms with Gasteiger partial charge in [-0.05, 0) is 33.7 Å². The molecule has 2 heterocycles. The summed E-state index contributed by atoms with van der Waals surface area (Å²) in [6.07, 6.45) is 3.30. The quantitative estimate of drug-likeness (QED) is 0.212. The van der Waals surface area contributed by atoms with Gasteiger partial charge in [-0.3, -0.25) is 9.97 Å². The summed E-state index contributed by atoms with van der Waals surface area (Å²) in [7, 11) is 0. The number of hydrogen-bond donors (Lipinski definition) is 2. The fraction of sp³-hybridized carbons (Fsp3) is 0.268. The van der Waals surface area contributed by atoms with Gasteiger partial charge in [-0.1, -0.05) is 151 Å². The van der Waals surface area contributed by atoms with E-state index in [-0.39, 0.29) is 10.8 Å². The summed E-state index contributed by atoms with van der Waals surface area (Å²) in [5.41, 5.74) is 4.15. The zero-order valence-corrected chi connectivity index (χ0v) is 27.4. The second-order valence-electron chi connectivity index (χ2n) is 13.5. The van der Waals surface area contributed by atoms with E-state index in [4.69, 9.17) is 0 Å². The third kappa shape index (κ3) is 9.31. The molecule has 2 unspecified atom stereocenters. The summed E-state index contributed by atoms with van der Waals surface area (Å²) in [6.45, 7) is 11.9. The van der Waals surface area contributed by atoms with Crippen LogP contribution in [0.4, 0.5) is 0 Å². The highest BCUT2D eigenvalue weighted by Gasteiger charge is 2.30. The topological polar surface area (TPSA) is 66.2 Å². The van der Waals surface area contributed by atoms with E-state index in [1.54, 1.807) is 0 Å². The van der Waals surface area contributed by atoms with Crippen molar-refractivity contribution in [1.82, 2.24) is 9.97 Å². The van der Waals surface area contributed by atoms with Crippen molar-refractivity contribution in [2.75, 3.05) is 0 Å². The van der Waals surface area contributed by atoms with Crippen molar-refractivity contribution in [1.29, 1.82) is 0 Å². The molecule has 0 bridgehead atoms. The Bertz CT molecular complexity index is 1630. The Morgan fingerprint density at radius 2 is 0.800 bits per heavy atom. The van der Waals surface area contributed by atoms with Crippen LogP contribution in [0.5, 0.6) is 0 Å². The lowest BCUT2D eigenvalue weighted by Crippen LogP contribution is -2.35. The van der Waals surface area contributed by atoms with Crippen LogP contribution >= 0.6 is 0 Å². The Kier molecular flexibility index (Phi) is 11.2. The number of hydrogen-bond acceptors (Lipinski definition) is 4. The fourth-order valence-electron chi connectivity index (χ4n) is 4.81. The van der Waals surface area contributed by atoms with Crippen LogP contribution < -0.4 is 0 Å². The molecule has 0 saturated carbocycles. The number of rotatable bonds is 4. The summed E-state index contributed by atoms with van der Waals surface area (Å²) in [4.78, 5) is 8.95. The molecule has 0 spiro atoms. The summed E-state index contributed by atoms with van der Waals surface area (Å²) in [5.74, 6) is 0. The Hall–Kier alpha value is -4.38. The van der Waals surface area contributed by atoms with Gasteiger partial charge in [-0.2, -0.15) is 0 Å². The molecule has 2 N–H and O–H groups in total. The highest BCUT2D eigenvalue weighted by Crippen LogP contribution is 2.29. The van der Waals surface area contributed by atoms with Crippen LogP contribution in [-0.2, 0) is 0 Å². The molecule has 4 heteroatoms. The van der Waals surface area contributed by atoms with E-state index in [1.165, 1.54) is 32.7 Å². The highest BCUT2D eigenvalue weighted by molar-refractivity contribution is 5.95. The van der Waals surface area contributed by atoms with Crippen LogP contribution in [0.2, 0.25) is 0 Å². The summed E-state index contributed by atoms with van der Waals surface area (Å²) >= 11 is 0. The van der Waals surface area contributed by atoms with Crippen molar-refractivity contribution in [2.24, 2.45) is 10.8 Å². The van der Waals surface area contributed by atoms with Crippen LogP contribution in [0.3, 0.4) is 0 Å². The molecule has 0 fully saturated rings. The Labute approximate surface area is 268 Å². The summed E-state index contributed by atoms with van der Waals surface area (Å²) in [6, 6.07) is 41.3. The lowest BCUT2D eigenvalue weighted by Gasteiger charge is -2.32. The highest BCUT2D eigenvalue weighted by atomic mass is 16.3. The minimum Gasteiger partial charge on any atom is -0.392 e. The summed E-state index contributed by atoms with van der Waals surface area (Å²) < 4.78 is 0. The maximum Gasteiger partial charge on any atom is 0.0780 e. The molecule has 6 rings (SSSR count). The Morgan fingerprint density at radius 1 is 0.467 bits per heavy atom. The average Bonchev–Trinajstić information content (AvgIpc) is 3.05. The van der Waals surface area contributed by atoms with Crippen molar-refractivity contribution in [2.45, 2.75) is 60.2 Å². The molecule has 0 aliphatic rings. The van der Waals surface area contributed by atoms with E-state index >= 15 is 0 Å². The molecular weight excluding hydrogens is 552 g/mol. The number of fused-ring (bicyclic) bond motifs is 2. The van der Waals surface area contributed by atoms with Crippen molar-refractivity contribution < 1.29 is 10.2 Å². The van der Waals surface area contributed by atoms with Crippen LogP contribution in [0, 0.1) is 10.8 Å². The third-order valence-electron chi connectivity index (χ3n) is 7.89. The van der Waals surface area contributed by atoms with E-state index in [2.05, 4.69) is 82.8 Å². The molecule has 6 aromatic rings. The molecule has 232 valence electrons. The van der Waals surface area contributed by atoms with Crippen LogP contribution in [0.25, 0.3) is 44.1 Å². The van der Waals surface area contributed by atoms with Gasteiger partial charge < -0.3 is 10.2 Å². The van der Waals surface area contributed by atoms with Crippen LogP contribution in [0.15, 0.2) is 134 Å². The number of aliphatic hydroxyl groups excluding tert-OH is 2. The molecular formula is C41H46N2O2. The van der Waals surface area contributed by atoms with Crippen molar-refractivity contribution >= 4 is 21.5 Å². The van der Waals surface area contributed by atoms with E-state index in [0.717, 1.165) is 11.4 Å². The monoisotopic (exact) mass is 598 g/mol. The third-order valence-corrected chi connectivity index (χ3v) is 7.89. The molecule has 2 aromatic heterocycles. The van der Waals surface area contributed by atoms with Gasteiger partial charge in [0, 0.05) is 40.7 Å². The van der Waals surface area contributed by atoms with Gasteiger partial charge in [0.2, 0.25) is 0 Å². The first-order chi connectivity index (χ1) is 21.4. The van der Waals surface area contributed by atoms with E-state index in [0.29, 0.717) is 6.42 Å². The van der Waals surface area contributed by atoms with Crippen LogP contribution in [-0.4, -0.2) is 32.4 Å². The van der Waals surface area contributed by atoms with Crippen LogP contribution in [0.1, 0.15) is 48.0 Å². The molecule has 0 saturated heterocycles. The lowest BCUT2D eigenvalue weighted by atomic mass is 9.79. The van der Waals surface area contributed by atoms with Gasteiger partial charge in [0.1, 0.15) is 0 Å². The number of aliphatic hydroxyl groups is 2. The van der Waals surface area contributed by atoms with Gasteiger partial charge in [0.15, 0.2) is 0 Å². The van der Waals surface area contributed by atoms with Gasteiger partial charge in [0.05, 0.1) is 23.6 Å². The number of aromatic nitrogens is 2. The molecule has 0 aliphatic heterocycles. The standard InChI is InChI=1S/2C15H11N.C11H24O2/c2*1-2-7-13(8-3-1)15-14-9-5-4-6-12(14)10-11-16-15;1-10(2,3)8(12)7-9(13)11(4,5)6/h2*1-11H;8-9,12-13H,7H2,1-6H3. The maximum atomic E-state index is 9.76. The minimum absolute atomic E-state index is 0.147. The maximum absolute atomic E-state index is 9.76. The molecule has 45 heavy (non-hydrogen) atoms. The smallest absolute Gasteiger partial charge is 0.0780 e. The number of benzene rings is 4. The predicted molar refractivity (Wildman–Crippen MR) is 190 cm³/mol. The summed E-state index contributed by atoms with van der Waals surface area (Å²) in [5, 5.41) is 24.4. The minimum atomic E-state index is -0.443. The zero-order valence-electron chi connectivity index (χ0n) is 27.4. The number of pyridine rings is 2. The first-order valence-electron chi connectivity index (χ1n) is 15.6. The van der Waals surface area contributed by atoms with Gasteiger partial charge in [-0.15, -0.1) is 0 Å². The largest absolute Gasteiger partial charge is 0.392 e. The van der Waals surface area contributed by atoms with Crippen molar-refractivity contribution in [3.8, 4) is 22.5 Å². The molecule has 2 atom stereocenters. The van der Waals surface area contributed by atoms with Gasteiger partial charge in [-0.25, -0.2) is 0 Å². The first kappa shape index (κ1) is 33.5. The fourth-order valence-corrected chi connectivity index (χ4v) is 4.81.